The topological polar surface area (TPSA) is 0 Å². The molecule has 0 spiro atoms. The second-order valence-electron chi connectivity index (χ2n) is 6.28. The molecule has 0 saturated carbocycles. The van der Waals surface area contributed by atoms with E-state index < -0.39 is 0 Å². The number of hydrogen-bond acceptors (Lipinski definition) is 0. The van der Waals surface area contributed by atoms with Crippen molar-refractivity contribution >= 4 is 0 Å². The summed E-state index contributed by atoms with van der Waals surface area (Å²) in [5.74, 6) is 3.19. The smallest absolute Gasteiger partial charge is 0.0262 e. The lowest BCUT2D eigenvalue weighted by atomic mass is 9.95. The predicted molar refractivity (Wildman–Crippen MR) is 75.6 cm³/mol. The van der Waals surface area contributed by atoms with Crippen LogP contribution in [0.1, 0.15) is 67.2 Å². The van der Waals surface area contributed by atoms with Gasteiger partial charge in [-0.25, -0.2) is 0 Å². The van der Waals surface area contributed by atoms with Gasteiger partial charge in [-0.1, -0.05) is 66.5 Å². The van der Waals surface area contributed by atoms with Crippen molar-refractivity contribution in [2.75, 3.05) is 0 Å². The van der Waals surface area contributed by atoms with Crippen molar-refractivity contribution in [3.8, 4) is 0 Å². The van der Waals surface area contributed by atoms with Crippen molar-refractivity contribution in [2.24, 2.45) is 23.7 Å². The van der Waals surface area contributed by atoms with Crippen molar-refractivity contribution in [1.82, 2.24) is 0 Å². The molecule has 0 aromatic heterocycles. The average Bonchev–Trinajstić information content (AvgIpc) is 2.20. The summed E-state index contributed by atoms with van der Waals surface area (Å²) in [6, 6.07) is 0. The lowest BCUT2D eigenvalue weighted by molar-refractivity contribution is 0.488. The monoisotopic (exact) mass is 224 g/mol. The molecule has 0 aliphatic heterocycles. The van der Waals surface area contributed by atoms with E-state index in [1.807, 2.05) is 0 Å². The van der Waals surface area contributed by atoms with Gasteiger partial charge in [-0.05, 0) is 36.5 Å². The third-order valence-corrected chi connectivity index (χ3v) is 3.17. The first-order chi connectivity index (χ1) is 7.41. The van der Waals surface area contributed by atoms with Crippen molar-refractivity contribution < 1.29 is 0 Å². The zero-order chi connectivity index (χ0) is 12.6. The summed E-state index contributed by atoms with van der Waals surface area (Å²) in [6.07, 6.45) is 10.2. The third kappa shape index (κ3) is 10.3. The van der Waals surface area contributed by atoms with Gasteiger partial charge in [0.25, 0.3) is 0 Å². The van der Waals surface area contributed by atoms with Gasteiger partial charge in [-0.3, -0.25) is 0 Å². The summed E-state index contributed by atoms with van der Waals surface area (Å²) >= 11 is 0. The van der Waals surface area contributed by atoms with E-state index in [0.717, 1.165) is 23.7 Å². The fourth-order valence-corrected chi connectivity index (χ4v) is 1.76. The SMILES string of the molecule is CC(C)CCC(C)C=CC(C)CCC(C)C. The molecule has 2 unspecified atom stereocenters. The highest BCUT2D eigenvalue weighted by Crippen LogP contribution is 2.16. The standard InChI is InChI=1S/C16H32/c1-13(2)7-9-15(5)11-12-16(6)10-8-14(3)4/h11-16H,7-10H2,1-6H3. The summed E-state index contributed by atoms with van der Waals surface area (Å²) in [4.78, 5) is 0. The maximum absolute atomic E-state index is 2.42. The summed E-state index contributed by atoms with van der Waals surface area (Å²) in [6.45, 7) is 13.9. The average molecular weight is 224 g/mol. The van der Waals surface area contributed by atoms with Gasteiger partial charge in [0.05, 0.1) is 0 Å². The van der Waals surface area contributed by atoms with Crippen molar-refractivity contribution in [3.63, 3.8) is 0 Å². The van der Waals surface area contributed by atoms with E-state index in [-0.39, 0.29) is 0 Å². The Morgan fingerprint density at radius 1 is 0.562 bits per heavy atom. The molecule has 0 heterocycles. The lowest BCUT2D eigenvalue weighted by Gasteiger charge is -2.11. The predicted octanol–water partition coefficient (Wildman–Crippen LogP) is 5.69. The van der Waals surface area contributed by atoms with Crippen LogP contribution >= 0.6 is 0 Å². The molecular formula is C16H32. The molecule has 0 saturated heterocycles. The van der Waals surface area contributed by atoms with Crippen LogP contribution in [-0.2, 0) is 0 Å². The van der Waals surface area contributed by atoms with Gasteiger partial charge in [0.15, 0.2) is 0 Å². The summed E-state index contributed by atoms with van der Waals surface area (Å²) in [5.41, 5.74) is 0. The van der Waals surface area contributed by atoms with E-state index in [1.54, 1.807) is 0 Å². The Bertz CT molecular complexity index is 156. The molecule has 0 bridgehead atoms. The molecule has 0 rings (SSSR count). The van der Waals surface area contributed by atoms with Crippen LogP contribution in [0.2, 0.25) is 0 Å². The molecule has 0 radical (unpaired) electrons. The fourth-order valence-electron chi connectivity index (χ4n) is 1.76. The van der Waals surface area contributed by atoms with Crippen LogP contribution in [0.3, 0.4) is 0 Å². The minimum atomic E-state index is 0.754. The highest BCUT2D eigenvalue weighted by atomic mass is 14.1. The van der Waals surface area contributed by atoms with E-state index in [0.29, 0.717) is 0 Å². The first kappa shape index (κ1) is 15.7. The van der Waals surface area contributed by atoms with Crippen molar-refractivity contribution in [1.29, 1.82) is 0 Å². The zero-order valence-electron chi connectivity index (χ0n) is 12.3. The summed E-state index contributed by atoms with van der Waals surface area (Å²) < 4.78 is 0. The van der Waals surface area contributed by atoms with Gasteiger partial charge in [0, 0.05) is 0 Å². The van der Waals surface area contributed by atoms with Crippen LogP contribution in [0.15, 0.2) is 12.2 Å². The molecule has 0 aromatic rings. The second-order valence-corrected chi connectivity index (χ2v) is 6.28. The third-order valence-electron chi connectivity index (χ3n) is 3.17. The molecule has 0 fully saturated rings. The first-order valence-corrected chi connectivity index (χ1v) is 7.10. The van der Waals surface area contributed by atoms with Gasteiger partial charge < -0.3 is 0 Å². The van der Waals surface area contributed by atoms with Gasteiger partial charge in [-0.2, -0.15) is 0 Å². The minimum absolute atomic E-state index is 0.754. The lowest BCUT2D eigenvalue weighted by Crippen LogP contribution is -1.97. The van der Waals surface area contributed by atoms with E-state index in [2.05, 4.69) is 53.7 Å². The Morgan fingerprint density at radius 3 is 1.12 bits per heavy atom. The van der Waals surface area contributed by atoms with Gasteiger partial charge >= 0.3 is 0 Å². The molecule has 96 valence electrons. The first-order valence-electron chi connectivity index (χ1n) is 7.10. The number of rotatable bonds is 8. The summed E-state index contributed by atoms with van der Waals surface area (Å²) in [5, 5.41) is 0. The molecule has 0 N–H and O–H groups in total. The molecule has 0 nitrogen and oxygen atoms in total. The number of hydrogen-bond donors (Lipinski definition) is 0. The van der Waals surface area contributed by atoms with E-state index >= 15 is 0 Å². The highest BCUT2D eigenvalue weighted by Gasteiger charge is 2.02. The van der Waals surface area contributed by atoms with Crippen LogP contribution < -0.4 is 0 Å². The van der Waals surface area contributed by atoms with Crippen LogP contribution in [-0.4, -0.2) is 0 Å². The van der Waals surface area contributed by atoms with Crippen molar-refractivity contribution in [3.05, 3.63) is 12.2 Å². The molecule has 0 amide bonds. The molecule has 0 heteroatoms. The normalized spacial score (nSPS) is 16.2. The molecule has 16 heavy (non-hydrogen) atoms. The molecule has 0 aromatic carbocycles. The minimum Gasteiger partial charge on any atom is -0.0854 e. The second kappa shape index (κ2) is 8.84. The van der Waals surface area contributed by atoms with Gasteiger partial charge in [0.2, 0.25) is 0 Å². The fraction of sp³-hybridized carbons (Fsp3) is 0.875. The molecule has 0 aliphatic rings. The van der Waals surface area contributed by atoms with Crippen LogP contribution in [0.4, 0.5) is 0 Å². The molecular weight excluding hydrogens is 192 g/mol. The Balaban J connectivity index is 3.70. The maximum atomic E-state index is 2.42. The quantitative estimate of drug-likeness (QED) is 0.465. The summed E-state index contributed by atoms with van der Waals surface area (Å²) in [7, 11) is 0. The van der Waals surface area contributed by atoms with E-state index in [4.69, 9.17) is 0 Å². The van der Waals surface area contributed by atoms with E-state index in [9.17, 15) is 0 Å². The van der Waals surface area contributed by atoms with E-state index in [1.165, 1.54) is 25.7 Å². The molecule has 2 atom stereocenters. The van der Waals surface area contributed by atoms with Crippen molar-refractivity contribution in [2.45, 2.75) is 67.2 Å². The molecule has 0 aliphatic carbocycles. The Labute approximate surface area is 104 Å². The Kier molecular flexibility index (Phi) is 8.70. The van der Waals surface area contributed by atoms with Crippen LogP contribution in [0, 0.1) is 23.7 Å². The number of allylic oxidation sites excluding steroid dienone is 2. The highest BCUT2D eigenvalue weighted by molar-refractivity contribution is 4.90. The largest absolute Gasteiger partial charge is 0.0854 e. The van der Waals surface area contributed by atoms with Crippen LogP contribution in [0.5, 0.6) is 0 Å². The van der Waals surface area contributed by atoms with Gasteiger partial charge in [0.1, 0.15) is 0 Å². The zero-order valence-corrected chi connectivity index (χ0v) is 12.3. The maximum Gasteiger partial charge on any atom is -0.0262 e. The van der Waals surface area contributed by atoms with Gasteiger partial charge in [-0.15, -0.1) is 0 Å². The Hall–Kier alpha value is -0.260. The van der Waals surface area contributed by atoms with Crippen LogP contribution in [0.25, 0.3) is 0 Å². The Morgan fingerprint density at radius 2 is 0.875 bits per heavy atom.